The van der Waals surface area contributed by atoms with Gasteiger partial charge in [0.2, 0.25) is 5.95 Å². The molecule has 13 nitrogen and oxygen atoms in total. The minimum Gasteiger partial charge on any atom is -0.550 e. The quantitative estimate of drug-likeness (QED) is 0.196. The summed E-state index contributed by atoms with van der Waals surface area (Å²) in [6, 6.07) is 4.78. The van der Waals surface area contributed by atoms with Gasteiger partial charge in [-0.05, 0) is 37.1 Å². The van der Waals surface area contributed by atoms with Gasteiger partial charge in [-0.15, -0.1) is 0 Å². The van der Waals surface area contributed by atoms with E-state index < -0.39 is 35.9 Å². The predicted molar refractivity (Wildman–Crippen MR) is 109 cm³/mol. The monoisotopic (exact) mass is 547 g/mol. The first-order chi connectivity index (χ1) is 15.2. The molecule has 33 heavy (non-hydrogen) atoms. The second kappa shape index (κ2) is 11.2. The van der Waals surface area contributed by atoms with E-state index >= 15 is 0 Å². The minimum atomic E-state index is -1.40. The van der Waals surface area contributed by atoms with Crippen LogP contribution in [0.3, 0.4) is 0 Å². The number of amides is 1. The molecule has 176 valence electrons. The topological polar surface area (TPSA) is 216 Å². The van der Waals surface area contributed by atoms with E-state index in [1.54, 1.807) is 12.1 Å². The van der Waals surface area contributed by atoms with Gasteiger partial charge in [-0.3, -0.25) is 14.6 Å². The molecule has 0 saturated carbocycles. The van der Waals surface area contributed by atoms with E-state index in [-0.39, 0.29) is 58.0 Å². The van der Waals surface area contributed by atoms with E-state index in [1.165, 1.54) is 18.3 Å². The third-order valence-electron chi connectivity index (χ3n) is 4.35. The largest absolute Gasteiger partial charge is 1.00 e. The number of carboxylic acid groups (broad SMARTS) is 2. The van der Waals surface area contributed by atoms with Gasteiger partial charge in [0, 0.05) is 17.2 Å². The third kappa shape index (κ3) is 6.83. The maximum atomic E-state index is 12.3. The Kier molecular flexibility index (Phi) is 8.62. The van der Waals surface area contributed by atoms with E-state index in [9.17, 15) is 24.3 Å². The van der Waals surface area contributed by atoms with Crippen molar-refractivity contribution < 1.29 is 47.0 Å². The van der Waals surface area contributed by atoms with E-state index in [4.69, 9.17) is 10.8 Å². The first-order valence-corrected chi connectivity index (χ1v) is 9.32. The van der Waals surface area contributed by atoms with E-state index in [1.807, 2.05) is 0 Å². The molecule has 0 radical (unpaired) electrons. The van der Waals surface area contributed by atoms with Gasteiger partial charge in [-0.1, -0.05) is 0 Å². The zero-order valence-corrected chi connectivity index (χ0v) is 18.3. The Morgan fingerprint density at radius 3 is 2.52 bits per heavy atom. The molecule has 0 aliphatic rings. The van der Waals surface area contributed by atoms with Gasteiger partial charge in [-0.25, -0.2) is 14.8 Å². The number of benzene rings is 1. The number of carbonyl (C=O) groups is 3. The van der Waals surface area contributed by atoms with Crippen molar-refractivity contribution in [3.8, 4) is 0 Å². The van der Waals surface area contributed by atoms with Crippen molar-refractivity contribution in [2.75, 3.05) is 11.1 Å². The summed E-state index contributed by atoms with van der Waals surface area (Å²) >= 11 is 0. The van der Waals surface area contributed by atoms with Gasteiger partial charge in [0.1, 0.15) is 6.04 Å². The maximum absolute atomic E-state index is 12.3. The van der Waals surface area contributed by atoms with Crippen LogP contribution in [-0.4, -0.2) is 48.9 Å². The normalized spacial score (nSPS) is 11.3. The molecule has 2 heterocycles. The van der Waals surface area contributed by atoms with Crippen LogP contribution in [0.5, 0.6) is 0 Å². The summed E-state index contributed by atoms with van der Waals surface area (Å²) < 4.78 is 0. The van der Waals surface area contributed by atoms with Gasteiger partial charge >= 0.3 is 28.3 Å². The van der Waals surface area contributed by atoms with Crippen molar-refractivity contribution in [2.24, 2.45) is 0 Å². The number of hydrogen-bond donors (Lipinski definition) is 5. The number of rotatable bonds is 9. The smallest absolute Gasteiger partial charge is 0.550 e. The molecule has 3 aromatic rings. The zero-order chi connectivity index (χ0) is 23.3. The molecular formula is C19H18AgN7O6. The fourth-order valence-electron chi connectivity index (χ4n) is 2.75. The van der Waals surface area contributed by atoms with Crippen molar-refractivity contribution >= 4 is 40.6 Å². The minimum absolute atomic E-state index is 0. The summed E-state index contributed by atoms with van der Waals surface area (Å²) in [5.74, 6) is -3.46. The van der Waals surface area contributed by atoms with Crippen LogP contribution >= 0.6 is 0 Å². The number of carbonyl (C=O) groups excluding carboxylic acids is 2. The molecular weight excluding hydrogens is 530 g/mol. The molecule has 0 fully saturated rings. The number of anilines is 2. The summed E-state index contributed by atoms with van der Waals surface area (Å²) in [6.45, 7) is 0.225. The van der Waals surface area contributed by atoms with Crippen LogP contribution in [0.15, 0.2) is 35.3 Å². The predicted octanol–water partition coefficient (Wildman–Crippen LogP) is -1.38. The van der Waals surface area contributed by atoms with Crippen LogP contribution in [0.4, 0.5) is 11.6 Å². The molecule has 2 aromatic heterocycles. The molecule has 6 N–H and O–H groups in total. The van der Waals surface area contributed by atoms with Crippen molar-refractivity contribution in [1.29, 1.82) is 0 Å². The van der Waals surface area contributed by atoms with Crippen molar-refractivity contribution in [3.63, 3.8) is 0 Å². The molecule has 14 heteroatoms. The Hall–Kier alpha value is -3.81. The van der Waals surface area contributed by atoms with E-state index in [0.717, 1.165) is 0 Å². The molecule has 0 aliphatic carbocycles. The van der Waals surface area contributed by atoms with Gasteiger partial charge in [-0.2, -0.15) is 4.98 Å². The number of aromatic amines is 1. The molecule has 0 spiro atoms. The van der Waals surface area contributed by atoms with E-state index in [0.29, 0.717) is 11.4 Å². The second-order valence-electron chi connectivity index (χ2n) is 6.69. The maximum Gasteiger partial charge on any atom is 1.00 e. The molecule has 0 unspecified atom stereocenters. The first kappa shape index (κ1) is 25.5. The molecule has 0 aliphatic heterocycles. The number of nitrogens with one attached hydrogen (secondary N) is 3. The Bertz CT molecular complexity index is 1230. The Morgan fingerprint density at radius 1 is 1.18 bits per heavy atom. The molecule has 1 amide bonds. The molecule has 0 bridgehead atoms. The number of aliphatic carboxylic acids is 2. The number of aromatic nitrogens is 4. The number of nitrogens with two attached hydrogens (primary N) is 1. The van der Waals surface area contributed by atoms with Crippen molar-refractivity contribution in [1.82, 2.24) is 25.3 Å². The number of carboxylic acids is 2. The standard InChI is InChI=1S/C19H19N7O6.Ag/c20-19-25-15-14(17(30)26-19)23-11(8-22-15)7-21-10-3-1-9(2-4-10)16(29)24-12(18(31)32)5-6-13(27)28;/h1-4,8,12,21H,5-7H2,(H,24,29)(H,27,28)(H,31,32)(H3,20,22,25,26,30);/q;+1/p-1/t12-;/m0./s1. The Balaban J connectivity index is 0.00000385. The molecule has 0 saturated heterocycles. The summed E-state index contributed by atoms with van der Waals surface area (Å²) in [5.41, 5.74) is 6.43. The average Bonchev–Trinajstić information content (AvgIpc) is 2.75. The number of nitrogen functional groups attached to an aromatic ring is 1. The number of hydrogen-bond acceptors (Lipinski definition) is 10. The van der Waals surface area contributed by atoms with Gasteiger partial charge in [0.05, 0.1) is 18.4 Å². The van der Waals surface area contributed by atoms with Crippen molar-refractivity contribution in [2.45, 2.75) is 25.4 Å². The summed E-state index contributed by atoms with van der Waals surface area (Å²) in [7, 11) is 0. The van der Waals surface area contributed by atoms with Crippen LogP contribution in [0.1, 0.15) is 28.9 Å². The SMILES string of the molecule is Nc1nc2ncc(CNc3ccc(C(=O)N[C@@H](CCC(=O)[O-])C(=O)O)cc3)nc2c(=O)[nH]1.[Ag+]. The van der Waals surface area contributed by atoms with Crippen LogP contribution < -0.4 is 27.0 Å². The summed E-state index contributed by atoms with van der Waals surface area (Å²) in [6.07, 6.45) is 0.662. The van der Waals surface area contributed by atoms with E-state index in [2.05, 4.69) is 30.6 Å². The summed E-state index contributed by atoms with van der Waals surface area (Å²) in [4.78, 5) is 60.4. The Morgan fingerprint density at radius 2 is 1.88 bits per heavy atom. The van der Waals surface area contributed by atoms with Gasteiger partial charge in [0.25, 0.3) is 11.5 Å². The fraction of sp³-hybridized carbons (Fsp3) is 0.211. The molecule has 1 aromatic carbocycles. The number of nitrogens with zero attached hydrogens (tertiary/aromatic N) is 3. The molecule has 1 atom stereocenters. The average molecular weight is 548 g/mol. The van der Waals surface area contributed by atoms with Gasteiger partial charge < -0.3 is 31.4 Å². The second-order valence-corrected chi connectivity index (χ2v) is 6.69. The summed E-state index contributed by atoms with van der Waals surface area (Å²) in [5, 5.41) is 25.0. The zero-order valence-electron chi connectivity index (χ0n) is 16.8. The number of H-pyrrole nitrogens is 1. The Labute approximate surface area is 201 Å². The first-order valence-electron chi connectivity index (χ1n) is 9.32. The van der Waals surface area contributed by atoms with Crippen LogP contribution in [0, 0.1) is 0 Å². The third-order valence-corrected chi connectivity index (χ3v) is 4.35. The van der Waals surface area contributed by atoms with Gasteiger partial charge in [0.15, 0.2) is 11.2 Å². The fourth-order valence-corrected chi connectivity index (χ4v) is 2.75. The van der Waals surface area contributed by atoms with Crippen molar-refractivity contribution in [3.05, 3.63) is 52.1 Å². The number of fused-ring (bicyclic) bond motifs is 1. The van der Waals surface area contributed by atoms with Crippen LogP contribution in [0.2, 0.25) is 0 Å². The van der Waals surface area contributed by atoms with Crippen LogP contribution in [-0.2, 0) is 38.5 Å². The van der Waals surface area contributed by atoms with Crippen LogP contribution in [0.25, 0.3) is 11.2 Å². The molecule has 3 rings (SSSR count).